The summed E-state index contributed by atoms with van der Waals surface area (Å²) in [6, 6.07) is 0. The normalized spacial score (nSPS) is 26.7. The average molecular weight is 339 g/mol. The van der Waals surface area contributed by atoms with Crippen molar-refractivity contribution in [1.82, 2.24) is 15.1 Å². The first-order chi connectivity index (χ1) is 11.2. The van der Waals surface area contributed by atoms with E-state index in [0.29, 0.717) is 30.7 Å². The number of thioether (sulfide) groups is 1. The van der Waals surface area contributed by atoms with Gasteiger partial charge in [-0.3, -0.25) is 4.79 Å². The smallest absolute Gasteiger partial charge is 0.276 e. The SMILES string of the molecule is O=C1CCCN1Cc1nnc(SCC2COC3(CCCC3)O2)o1. The van der Waals surface area contributed by atoms with Crippen LogP contribution in [-0.2, 0) is 20.8 Å². The van der Waals surface area contributed by atoms with Crippen molar-refractivity contribution in [3.63, 3.8) is 0 Å². The van der Waals surface area contributed by atoms with Crippen LogP contribution in [0.5, 0.6) is 0 Å². The minimum atomic E-state index is -0.318. The van der Waals surface area contributed by atoms with Gasteiger partial charge in [-0.25, -0.2) is 0 Å². The van der Waals surface area contributed by atoms with Gasteiger partial charge in [0.15, 0.2) is 5.79 Å². The van der Waals surface area contributed by atoms with Gasteiger partial charge in [0.2, 0.25) is 11.8 Å². The van der Waals surface area contributed by atoms with Gasteiger partial charge in [-0.05, 0) is 19.3 Å². The van der Waals surface area contributed by atoms with E-state index < -0.39 is 0 Å². The molecule has 1 aliphatic carbocycles. The number of carbonyl (C=O) groups is 1. The number of nitrogens with zero attached hydrogens (tertiary/aromatic N) is 3. The van der Waals surface area contributed by atoms with Crippen LogP contribution in [0, 0.1) is 0 Å². The van der Waals surface area contributed by atoms with Crippen LogP contribution >= 0.6 is 11.8 Å². The average Bonchev–Trinajstić information content (AvgIpc) is 3.31. The summed E-state index contributed by atoms with van der Waals surface area (Å²) >= 11 is 1.49. The van der Waals surface area contributed by atoms with Crippen LogP contribution < -0.4 is 0 Å². The molecular weight excluding hydrogens is 318 g/mol. The lowest BCUT2D eigenvalue weighted by Gasteiger charge is -2.21. The number of aromatic nitrogens is 2. The third-order valence-corrected chi connectivity index (χ3v) is 5.57. The highest BCUT2D eigenvalue weighted by molar-refractivity contribution is 7.99. The van der Waals surface area contributed by atoms with Gasteiger partial charge in [-0.1, -0.05) is 11.8 Å². The zero-order valence-electron chi connectivity index (χ0n) is 13.0. The minimum Gasteiger partial charge on any atom is -0.414 e. The first-order valence-corrected chi connectivity index (χ1v) is 9.26. The predicted octanol–water partition coefficient (Wildman–Crippen LogP) is 1.97. The van der Waals surface area contributed by atoms with Gasteiger partial charge < -0.3 is 18.8 Å². The fraction of sp³-hybridized carbons (Fsp3) is 0.800. The summed E-state index contributed by atoms with van der Waals surface area (Å²) in [7, 11) is 0. The largest absolute Gasteiger partial charge is 0.414 e. The fourth-order valence-electron chi connectivity index (χ4n) is 3.43. The maximum Gasteiger partial charge on any atom is 0.276 e. The molecule has 3 aliphatic rings. The molecule has 1 amide bonds. The summed E-state index contributed by atoms with van der Waals surface area (Å²) in [5.74, 6) is 1.09. The highest BCUT2D eigenvalue weighted by Gasteiger charge is 2.43. The van der Waals surface area contributed by atoms with Crippen molar-refractivity contribution in [2.45, 2.75) is 62.2 Å². The standard InChI is InChI=1S/C15H21N3O4S/c19-13-4-3-7-18(13)8-12-16-17-14(21-12)23-10-11-9-20-15(22-11)5-1-2-6-15/h11H,1-10H2. The van der Waals surface area contributed by atoms with Gasteiger partial charge in [0.05, 0.1) is 19.3 Å². The number of carbonyl (C=O) groups excluding carboxylic acids is 1. The van der Waals surface area contributed by atoms with Crippen molar-refractivity contribution >= 4 is 17.7 Å². The summed E-state index contributed by atoms with van der Waals surface area (Å²) in [5.41, 5.74) is 0. The van der Waals surface area contributed by atoms with Crippen LogP contribution in [0.3, 0.4) is 0 Å². The summed E-state index contributed by atoms with van der Waals surface area (Å²) in [6.07, 6.45) is 5.98. The number of hydrogen-bond donors (Lipinski definition) is 0. The molecule has 1 saturated carbocycles. The lowest BCUT2D eigenvalue weighted by molar-refractivity contribution is -0.159. The zero-order chi connectivity index (χ0) is 15.7. The molecule has 1 aromatic heterocycles. The van der Waals surface area contributed by atoms with Crippen molar-refractivity contribution in [3.05, 3.63) is 5.89 Å². The fourth-order valence-corrected chi connectivity index (χ4v) is 4.18. The van der Waals surface area contributed by atoms with E-state index >= 15 is 0 Å². The summed E-state index contributed by atoms with van der Waals surface area (Å²) in [4.78, 5) is 13.4. The van der Waals surface area contributed by atoms with Crippen molar-refractivity contribution in [2.75, 3.05) is 18.9 Å². The van der Waals surface area contributed by atoms with Gasteiger partial charge >= 0.3 is 0 Å². The Morgan fingerprint density at radius 3 is 2.91 bits per heavy atom. The summed E-state index contributed by atoms with van der Waals surface area (Å²) in [5, 5.41) is 8.60. The summed E-state index contributed by atoms with van der Waals surface area (Å²) < 4.78 is 17.6. The molecule has 0 N–H and O–H groups in total. The Bertz CT molecular complexity index is 573. The maximum atomic E-state index is 11.6. The van der Waals surface area contributed by atoms with Crippen molar-refractivity contribution in [2.24, 2.45) is 0 Å². The highest BCUT2D eigenvalue weighted by Crippen LogP contribution is 2.40. The molecular formula is C15H21N3O4S. The van der Waals surface area contributed by atoms with Crippen LogP contribution in [0.4, 0.5) is 0 Å². The van der Waals surface area contributed by atoms with Gasteiger partial charge in [-0.2, -0.15) is 0 Å². The molecule has 1 atom stereocenters. The first kappa shape index (κ1) is 15.4. The molecule has 3 heterocycles. The summed E-state index contributed by atoms with van der Waals surface area (Å²) in [6.45, 7) is 1.83. The maximum absolute atomic E-state index is 11.6. The van der Waals surface area contributed by atoms with E-state index in [0.717, 1.165) is 31.6 Å². The number of hydrogen-bond acceptors (Lipinski definition) is 7. The van der Waals surface area contributed by atoms with Crippen molar-refractivity contribution in [3.8, 4) is 0 Å². The molecule has 3 fully saturated rings. The first-order valence-electron chi connectivity index (χ1n) is 8.27. The molecule has 126 valence electrons. The number of ether oxygens (including phenoxy) is 2. The molecule has 1 unspecified atom stereocenters. The van der Waals surface area contributed by atoms with Gasteiger partial charge in [-0.15, -0.1) is 10.2 Å². The third kappa shape index (κ3) is 3.39. The second-order valence-electron chi connectivity index (χ2n) is 6.36. The Balaban J connectivity index is 1.26. The van der Waals surface area contributed by atoms with Crippen LogP contribution in [0.15, 0.2) is 9.64 Å². The Morgan fingerprint density at radius 2 is 2.13 bits per heavy atom. The monoisotopic (exact) mass is 339 g/mol. The minimum absolute atomic E-state index is 0.0774. The number of rotatable bonds is 5. The molecule has 7 nitrogen and oxygen atoms in total. The Kier molecular flexibility index (Phi) is 4.29. The number of likely N-dealkylation sites (tertiary alicyclic amines) is 1. The molecule has 8 heteroatoms. The molecule has 2 aliphatic heterocycles. The Morgan fingerprint density at radius 1 is 1.26 bits per heavy atom. The topological polar surface area (TPSA) is 77.7 Å². The van der Waals surface area contributed by atoms with Crippen molar-refractivity contribution in [1.29, 1.82) is 0 Å². The van der Waals surface area contributed by atoms with Gasteiger partial charge in [0.1, 0.15) is 0 Å². The molecule has 4 rings (SSSR count). The molecule has 2 saturated heterocycles. The molecule has 0 aromatic carbocycles. The van der Waals surface area contributed by atoms with Gasteiger partial charge in [0, 0.05) is 31.6 Å². The van der Waals surface area contributed by atoms with Crippen LogP contribution in [0.2, 0.25) is 0 Å². The van der Waals surface area contributed by atoms with E-state index in [1.807, 2.05) is 0 Å². The van der Waals surface area contributed by atoms with E-state index in [-0.39, 0.29) is 17.8 Å². The Labute approximate surface area is 139 Å². The van der Waals surface area contributed by atoms with Crippen LogP contribution in [-0.4, -0.2) is 51.8 Å². The molecule has 0 radical (unpaired) electrons. The van der Waals surface area contributed by atoms with Crippen LogP contribution in [0.25, 0.3) is 0 Å². The second-order valence-corrected chi connectivity index (χ2v) is 7.33. The van der Waals surface area contributed by atoms with E-state index in [1.54, 1.807) is 4.90 Å². The van der Waals surface area contributed by atoms with E-state index in [4.69, 9.17) is 13.9 Å². The third-order valence-electron chi connectivity index (χ3n) is 4.62. The Hall–Kier alpha value is -1.12. The lowest BCUT2D eigenvalue weighted by atomic mass is 10.2. The van der Waals surface area contributed by atoms with Gasteiger partial charge in [0.25, 0.3) is 5.22 Å². The second kappa shape index (κ2) is 6.41. The van der Waals surface area contributed by atoms with E-state index in [9.17, 15) is 4.79 Å². The molecule has 1 aromatic rings. The molecule has 1 spiro atoms. The lowest BCUT2D eigenvalue weighted by Crippen LogP contribution is -2.27. The number of amides is 1. The predicted molar refractivity (Wildman–Crippen MR) is 81.7 cm³/mol. The molecule has 0 bridgehead atoms. The zero-order valence-corrected chi connectivity index (χ0v) is 13.8. The van der Waals surface area contributed by atoms with Crippen molar-refractivity contribution < 1.29 is 18.7 Å². The van der Waals surface area contributed by atoms with Crippen LogP contribution in [0.1, 0.15) is 44.4 Å². The van der Waals surface area contributed by atoms with E-state index in [2.05, 4.69) is 10.2 Å². The van der Waals surface area contributed by atoms with E-state index in [1.165, 1.54) is 24.6 Å². The highest BCUT2D eigenvalue weighted by atomic mass is 32.2. The molecule has 23 heavy (non-hydrogen) atoms. The quantitative estimate of drug-likeness (QED) is 0.759.